The number of rotatable bonds is 4. The fourth-order valence-electron chi connectivity index (χ4n) is 1.92. The lowest BCUT2D eigenvalue weighted by molar-refractivity contribution is 0.610. The predicted octanol–water partition coefficient (Wildman–Crippen LogP) is 3.88. The zero-order valence-corrected chi connectivity index (χ0v) is 12.6. The molecule has 0 amide bonds. The largest absolute Gasteiger partial charge is 0.364 e. The second-order valence-corrected chi connectivity index (χ2v) is 5.00. The fraction of sp³-hybridized carbons (Fsp3) is 0.200. The van der Waals surface area contributed by atoms with Crippen molar-refractivity contribution in [2.75, 3.05) is 11.4 Å². The molecule has 0 atom stereocenters. The third kappa shape index (κ3) is 2.97. The molecular formula is C15H13BrFN3. The van der Waals surface area contributed by atoms with Crippen LogP contribution in [0.5, 0.6) is 0 Å². The first-order valence-electron chi connectivity index (χ1n) is 6.20. The first-order chi connectivity index (χ1) is 9.67. The third-order valence-electron chi connectivity index (χ3n) is 2.98. The van der Waals surface area contributed by atoms with Gasteiger partial charge in [0.15, 0.2) is 5.82 Å². The van der Waals surface area contributed by atoms with Crippen LogP contribution in [0.3, 0.4) is 0 Å². The quantitative estimate of drug-likeness (QED) is 0.852. The first kappa shape index (κ1) is 14.5. The summed E-state index contributed by atoms with van der Waals surface area (Å²) in [6, 6.07) is 10.8. The Kier molecular flexibility index (Phi) is 4.70. The molecule has 1 aromatic heterocycles. The van der Waals surface area contributed by atoms with Gasteiger partial charge in [0.25, 0.3) is 0 Å². The Bertz CT molecular complexity index is 638. The normalized spacial score (nSPS) is 10.1. The molecule has 102 valence electrons. The van der Waals surface area contributed by atoms with E-state index in [9.17, 15) is 4.39 Å². The number of benzene rings is 1. The van der Waals surface area contributed by atoms with E-state index >= 15 is 0 Å². The second-order valence-electron chi connectivity index (χ2n) is 4.21. The molecule has 1 heterocycles. The van der Waals surface area contributed by atoms with Gasteiger partial charge in [0.05, 0.1) is 28.0 Å². The number of hydrogen-bond donors (Lipinski definition) is 0. The molecular weight excluding hydrogens is 321 g/mol. The van der Waals surface area contributed by atoms with Crippen molar-refractivity contribution in [1.82, 2.24) is 4.98 Å². The number of anilines is 1. The minimum atomic E-state index is -0.415. The molecule has 0 radical (unpaired) electrons. The van der Waals surface area contributed by atoms with E-state index in [2.05, 4.69) is 20.9 Å². The highest BCUT2D eigenvalue weighted by Crippen LogP contribution is 2.29. The summed E-state index contributed by atoms with van der Waals surface area (Å²) >= 11 is 3.13. The summed E-state index contributed by atoms with van der Waals surface area (Å²) in [7, 11) is 0. The van der Waals surface area contributed by atoms with E-state index < -0.39 is 5.82 Å². The maximum Gasteiger partial charge on any atom is 0.161 e. The van der Waals surface area contributed by atoms with Gasteiger partial charge >= 0.3 is 0 Å². The summed E-state index contributed by atoms with van der Waals surface area (Å²) in [5.41, 5.74) is 1.62. The number of halogens is 2. The van der Waals surface area contributed by atoms with Gasteiger partial charge in [-0.1, -0.05) is 6.07 Å². The van der Waals surface area contributed by atoms with Crippen molar-refractivity contribution in [3.63, 3.8) is 0 Å². The van der Waals surface area contributed by atoms with E-state index in [1.165, 1.54) is 0 Å². The highest BCUT2D eigenvalue weighted by atomic mass is 79.9. The molecule has 0 aliphatic carbocycles. The predicted molar refractivity (Wildman–Crippen MR) is 79.8 cm³/mol. The van der Waals surface area contributed by atoms with Gasteiger partial charge in [-0.05, 0) is 47.1 Å². The van der Waals surface area contributed by atoms with Gasteiger partial charge in [-0.3, -0.25) is 4.98 Å². The Labute approximate surface area is 125 Å². The molecule has 0 fully saturated rings. The summed E-state index contributed by atoms with van der Waals surface area (Å²) in [4.78, 5) is 6.13. The van der Waals surface area contributed by atoms with Crippen LogP contribution in [-0.2, 0) is 6.54 Å². The topological polar surface area (TPSA) is 39.9 Å². The number of aromatic nitrogens is 1. The van der Waals surface area contributed by atoms with Crippen molar-refractivity contribution >= 4 is 21.6 Å². The molecule has 0 N–H and O–H groups in total. The molecule has 0 aliphatic heterocycles. The van der Waals surface area contributed by atoms with E-state index in [4.69, 9.17) is 5.26 Å². The van der Waals surface area contributed by atoms with Crippen LogP contribution in [0.25, 0.3) is 0 Å². The molecule has 1 aromatic carbocycles. The van der Waals surface area contributed by atoms with Gasteiger partial charge in [-0.2, -0.15) is 5.26 Å². The lowest BCUT2D eigenvalue weighted by Gasteiger charge is -2.23. The van der Waals surface area contributed by atoms with Gasteiger partial charge in [-0.15, -0.1) is 0 Å². The van der Waals surface area contributed by atoms with E-state index in [1.54, 1.807) is 18.3 Å². The number of nitrogens with zero attached hydrogens (tertiary/aromatic N) is 3. The SMILES string of the molecule is CCN(Cc1ccccn1)c1ccc(C#N)c(Br)c1F. The summed E-state index contributed by atoms with van der Waals surface area (Å²) in [5, 5.41) is 8.89. The minimum Gasteiger partial charge on any atom is -0.364 e. The second kappa shape index (κ2) is 6.49. The van der Waals surface area contributed by atoms with Crippen molar-refractivity contribution < 1.29 is 4.39 Å². The summed E-state index contributed by atoms with van der Waals surface area (Å²) in [6.07, 6.45) is 1.72. The molecule has 5 heteroatoms. The summed E-state index contributed by atoms with van der Waals surface area (Å²) in [5.74, 6) is -0.415. The number of pyridine rings is 1. The average molecular weight is 334 g/mol. The fourth-order valence-corrected chi connectivity index (χ4v) is 2.35. The molecule has 20 heavy (non-hydrogen) atoms. The van der Waals surface area contributed by atoms with E-state index in [1.807, 2.05) is 36.1 Å². The van der Waals surface area contributed by atoms with Gasteiger partial charge in [0.1, 0.15) is 6.07 Å². The Morgan fingerprint density at radius 3 is 2.75 bits per heavy atom. The monoisotopic (exact) mass is 333 g/mol. The molecule has 3 nitrogen and oxygen atoms in total. The highest BCUT2D eigenvalue weighted by molar-refractivity contribution is 9.10. The Balaban J connectivity index is 2.33. The van der Waals surface area contributed by atoms with Gasteiger partial charge in [0.2, 0.25) is 0 Å². The average Bonchev–Trinajstić information content (AvgIpc) is 2.49. The molecule has 0 unspecified atom stereocenters. The van der Waals surface area contributed by atoms with Crippen LogP contribution in [0.2, 0.25) is 0 Å². The number of hydrogen-bond acceptors (Lipinski definition) is 3. The van der Waals surface area contributed by atoms with Gasteiger partial charge in [-0.25, -0.2) is 4.39 Å². The molecule has 0 aliphatic rings. The summed E-state index contributed by atoms with van der Waals surface area (Å²) < 4.78 is 14.5. The zero-order chi connectivity index (χ0) is 14.5. The van der Waals surface area contributed by atoms with Crippen LogP contribution in [0.15, 0.2) is 41.0 Å². The van der Waals surface area contributed by atoms with Crippen molar-refractivity contribution in [1.29, 1.82) is 5.26 Å². The molecule has 0 saturated carbocycles. The van der Waals surface area contributed by atoms with Gasteiger partial charge < -0.3 is 4.90 Å². The van der Waals surface area contributed by atoms with Crippen molar-refractivity contribution in [3.8, 4) is 6.07 Å². The van der Waals surface area contributed by atoms with E-state index in [0.717, 1.165) is 5.69 Å². The maximum atomic E-state index is 14.3. The molecule has 0 spiro atoms. The Morgan fingerprint density at radius 2 is 2.15 bits per heavy atom. The van der Waals surface area contributed by atoms with E-state index in [-0.39, 0.29) is 4.47 Å². The maximum absolute atomic E-state index is 14.3. The van der Waals surface area contributed by atoms with Crippen LogP contribution in [0, 0.1) is 17.1 Å². The van der Waals surface area contributed by atoms with Crippen molar-refractivity contribution in [2.24, 2.45) is 0 Å². The lowest BCUT2D eigenvalue weighted by atomic mass is 10.2. The van der Waals surface area contributed by atoms with Crippen LogP contribution in [-0.4, -0.2) is 11.5 Å². The minimum absolute atomic E-state index is 0.206. The van der Waals surface area contributed by atoms with E-state index in [0.29, 0.717) is 24.3 Å². The van der Waals surface area contributed by atoms with Crippen LogP contribution in [0.4, 0.5) is 10.1 Å². The highest BCUT2D eigenvalue weighted by Gasteiger charge is 2.16. The van der Waals surface area contributed by atoms with Crippen LogP contribution in [0.1, 0.15) is 18.2 Å². The summed E-state index contributed by atoms with van der Waals surface area (Å²) in [6.45, 7) is 3.12. The van der Waals surface area contributed by atoms with Gasteiger partial charge in [0, 0.05) is 12.7 Å². The van der Waals surface area contributed by atoms with Crippen LogP contribution < -0.4 is 4.90 Å². The number of nitriles is 1. The van der Waals surface area contributed by atoms with Crippen LogP contribution >= 0.6 is 15.9 Å². The molecule has 0 saturated heterocycles. The van der Waals surface area contributed by atoms with Crippen molar-refractivity contribution in [2.45, 2.75) is 13.5 Å². The third-order valence-corrected chi connectivity index (χ3v) is 3.76. The zero-order valence-electron chi connectivity index (χ0n) is 11.0. The Morgan fingerprint density at radius 1 is 1.35 bits per heavy atom. The van der Waals surface area contributed by atoms with Crippen molar-refractivity contribution in [3.05, 3.63) is 58.1 Å². The molecule has 2 rings (SSSR count). The standard InChI is InChI=1S/C15H13BrFN3/c1-2-20(10-12-5-3-4-8-19-12)13-7-6-11(9-18)14(16)15(13)17/h3-8H,2,10H2,1H3. The first-order valence-corrected chi connectivity index (χ1v) is 6.99. The molecule has 0 bridgehead atoms. The molecule has 2 aromatic rings. The Hall–Kier alpha value is -1.93. The smallest absolute Gasteiger partial charge is 0.161 e. The lowest BCUT2D eigenvalue weighted by Crippen LogP contribution is -2.23.